The first-order valence-electron chi connectivity index (χ1n) is 25.7. The zero-order valence-corrected chi connectivity index (χ0v) is 40.1. The third-order valence-corrected chi connectivity index (χ3v) is 12.8. The fourth-order valence-corrected chi connectivity index (χ4v) is 9.44. The number of nitrogens with zero attached hydrogens (tertiary/aromatic N) is 1. The summed E-state index contributed by atoms with van der Waals surface area (Å²) in [5.74, 6) is 0. The quantitative estimate of drug-likeness (QED) is 0.0477. The number of carbonyl (C=O) groups excluding carboxylic acids is 2. The van der Waals surface area contributed by atoms with Crippen molar-refractivity contribution in [3.8, 4) is 0 Å². The second kappa shape index (κ2) is 36.2. The number of amides is 2. The molecule has 1 aliphatic rings. The fraction of sp³-hybridized carbons (Fsp3) is 0.961. The second-order valence-electron chi connectivity index (χ2n) is 19.6. The second-order valence-corrected chi connectivity index (χ2v) is 19.6. The van der Waals surface area contributed by atoms with Crippen LogP contribution in [0, 0.1) is 0 Å². The van der Waals surface area contributed by atoms with Crippen LogP contribution in [0.1, 0.15) is 280 Å². The molecule has 0 saturated carbocycles. The van der Waals surface area contributed by atoms with E-state index in [0.717, 1.165) is 45.1 Å². The summed E-state index contributed by atoms with van der Waals surface area (Å²) in [6, 6.07) is 0. The van der Waals surface area contributed by atoms with E-state index in [1.165, 1.54) is 186 Å². The molecular weight excluding hydrogens is 719 g/mol. The summed E-state index contributed by atoms with van der Waals surface area (Å²) in [4.78, 5) is 28.8. The summed E-state index contributed by atoms with van der Waals surface area (Å²) in [5.41, 5.74) is -0.142. The Labute approximate surface area is 361 Å². The lowest BCUT2D eigenvalue weighted by atomic mass is 9.78. The van der Waals surface area contributed by atoms with Gasteiger partial charge >= 0.3 is 12.2 Å². The van der Waals surface area contributed by atoms with Crippen molar-refractivity contribution in [2.45, 2.75) is 303 Å². The van der Waals surface area contributed by atoms with Crippen molar-refractivity contribution in [2.24, 2.45) is 0 Å². The zero-order valence-electron chi connectivity index (χ0n) is 40.1. The van der Waals surface area contributed by atoms with E-state index in [9.17, 15) is 9.59 Å². The summed E-state index contributed by atoms with van der Waals surface area (Å²) >= 11 is 0. The summed E-state index contributed by atoms with van der Waals surface area (Å²) in [5, 5.41) is 5.90. The van der Waals surface area contributed by atoms with Crippen LogP contribution in [0.5, 0.6) is 0 Å². The van der Waals surface area contributed by atoms with Crippen LogP contribution in [0.25, 0.3) is 0 Å². The number of unbranched alkanes of at least 4 members (excludes halogenated alkanes) is 30. The molecule has 344 valence electrons. The van der Waals surface area contributed by atoms with E-state index in [-0.39, 0.29) is 17.2 Å². The number of likely N-dealkylation sites (tertiary alicyclic amines) is 1. The van der Waals surface area contributed by atoms with E-state index in [1.54, 1.807) is 0 Å². The van der Waals surface area contributed by atoms with Gasteiger partial charge in [0.1, 0.15) is 6.10 Å². The van der Waals surface area contributed by atoms with E-state index in [0.29, 0.717) is 13.0 Å². The highest BCUT2D eigenvalue weighted by Gasteiger charge is 2.46. The molecule has 1 saturated heterocycles. The molecule has 0 bridgehead atoms. The van der Waals surface area contributed by atoms with Crippen molar-refractivity contribution in [3.63, 3.8) is 0 Å². The Morgan fingerprint density at radius 2 is 0.845 bits per heavy atom. The Hall–Kier alpha value is -1.50. The van der Waals surface area contributed by atoms with Crippen LogP contribution in [-0.2, 0) is 9.47 Å². The van der Waals surface area contributed by atoms with Gasteiger partial charge < -0.3 is 14.8 Å². The Morgan fingerprint density at radius 1 is 0.500 bits per heavy atom. The molecule has 7 nitrogen and oxygen atoms in total. The van der Waals surface area contributed by atoms with Gasteiger partial charge in [-0.15, -0.1) is 0 Å². The molecule has 58 heavy (non-hydrogen) atoms. The fourth-order valence-electron chi connectivity index (χ4n) is 9.44. The van der Waals surface area contributed by atoms with Gasteiger partial charge in [0.2, 0.25) is 0 Å². The molecule has 2 amide bonds. The molecule has 0 aromatic rings. The SMILES string of the molecule is CCCCCCCCCCCCCCCCCCNC(=O)OC(CCCCCCCCCCCCCCCCC)NC(=O)OC1CC(C)(C)N(CCCC)C(C)(C)C1. The van der Waals surface area contributed by atoms with Gasteiger partial charge in [0.15, 0.2) is 6.23 Å². The molecule has 0 radical (unpaired) electrons. The molecule has 1 heterocycles. The van der Waals surface area contributed by atoms with Gasteiger partial charge in [-0.1, -0.05) is 213 Å². The van der Waals surface area contributed by atoms with Crippen molar-refractivity contribution in [2.75, 3.05) is 13.1 Å². The summed E-state index contributed by atoms with van der Waals surface area (Å²) in [7, 11) is 0. The molecule has 1 rings (SSSR count). The van der Waals surface area contributed by atoms with Gasteiger partial charge in [0.25, 0.3) is 0 Å². The van der Waals surface area contributed by atoms with E-state index < -0.39 is 18.4 Å². The standard InChI is InChI=1S/C51H101N3O4/c1-8-11-14-16-18-20-22-24-26-28-30-32-34-36-38-40-42-52-48(55)58-47(41-39-37-35-33-31-29-27-25-23-21-19-17-15-12-9-2)53-49(56)57-46-44-50(4,5)54(43-13-10-3)51(6,7)45-46/h46-47H,8-45H2,1-7H3,(H,52,55)(H,53,56). The zero-order chi connectivity index (χ0) is 42.6. The molecule has 0 spiro atoms. The highest BCUT2D eigenvalue weighted by molar-refractivity contribution is 5.70. The first-order valence-corrected chi connectivity index (χ1v) is 25.7. The van der Waals surface area contributed by atoms with Crippen LogP contribution in [0.3, 0.4) is 0 Å². The van der Waals surface area contributed by atoms with Gasteiger partial charge in [-0.05, 0) is 53.5 Å². The number of carbonyl (C=O) groups is 2. The maximum atomic E-state index is 13.3. The predicted molar refractivity (Wildman–Crippen MR) is 250 cm³/mol. The van der Waals surface area contributed by atoms with Crippen LogP contribution in [-0.4, -0.2) is 53.6 Å². The number of nitrogens with one attached hydrogen (secondary N) is 2. The Kier molecular flexibility index (Phi) is 34.0. The van der Waals surface area contributed by atoms with Crippen LogP contribution >= 0.6 is 0 Å². The molecule has 2 N–H and O–H groups in total. The molecular formula is C51H101N3O4. The lowest BCUT2D eigenvalue weighted by Gasteiger charge is -2.55. The van der Waals surface area contributed by atoms with Gasteiger partial charge in [-0.2, -0.15) is 0 Å². The molecule has 0 aromatic carbocycles. The number of hydrogen-bond donors (Lipinski definition) is 2. The molecule has 7 heteroatoms. The normalized spacial score (nSPS) is 16.0. The minimum atomic E-state index is -0.689. The van der Waals surface area contributed by atoms with Gasteiger partial charge in [-0.25, -0.2) is 9.59 Å². The van der Waals surface area contributed by atoms with E-state index in [4.69, 9.17) is 9.47 Å². The van der Waals surface area contributed by atoms with Crippen LogP contribution < -0.4 is 10.6 Å². The summed E-state index contributed by atoms with van der Waals surface area (Å²) in [6.45, 7) is 17.5. The Morgan fingerprint density at radius 3 is 1.22 bits per heavy atom. The van der Waals surface area contributed by atoms with E-state index >= 15 is 0 Å². The third kappa shape index (κ3) is 29.7. The minimum Gasteiger partial charge on any atom is -0.446 e. The van der Waals surface area contributed by atoms with E-state index in [2.05, 4.69) is 64.0 Å². The predicted octanol–water partition coefficient (Wildman–Crippen LogP) is 16.1. The number of ether oxygens (including phenoxy) is 2. The lowest BCUT2D eigenvalue weighted by molar-refractivity contribution is -0.0851. The molecule has 0 aliphatic carbocycles. The van der Waals surface area contributed by atoms with Crippen molar-refractivity contribution in [3.05, 3.63) is 0 Å². The maximum Gasteiger partial charge on any atom is 0.410 e. The van der Waals surface area contributed by atoms with Crippen LogP contribution in [0.4, 0.5) is 9.59 Å². The topological polar surface area (TPSA) is 79.9 Å². The van der Waals surface area contributed by atoms with Crippen molar-refractivity contribution < 1.29 is 19.1 Å². The molecule has 1 atom stereocenters. The minimum absolute atomic E-state index is 0.0712. The van der Waals surface area contributed by atoms with Gasteiger partial charge in [0.05, 0.1) is 0 Å². The molecule has 0 aromatic heterocycles. The lowest BCUT2D eigenvalue weighted by Crippen LogP contribution is -2.62. The molecule has 1 aliphatic heterocycles. The smallest absolute Gasteiger partial charge is 0.410 e. The number of piperidine rings is 1. The summed E-state index contributed by atoms with van der Waals surface area (Å²) < 4.78 is 11.9. The molecule has 1 unspecified atom stereocenters. The highest BCUT2D eigenvalue weighted by atomic mass is 16.6. The molecule has 1 fully saturated rings. The van der Waals surface area contributed by atoms with Crippen molar-refractivity contribution in [1.29, 1.82) is 0 Å². The average molecular weight is 820 g/mol. The number of hydrogen-bond acceptors (Lipinski definition) is 5. The van der Waals surface area contributed by atoms with E-state index in [1.807, 2.05) is 0 Å². The number of alkyl carbamates (subject to hydrolysis) is 2. The first kappa shape index (κ1) is 54.5. The maximum absolute atomic E-state index is 13.3. The largest absolute Gasteiger partial charge is 0.446 e. The van der Waals surface area contributed by atoms with Crippen molar-refractivity contribution >= 4 is 12.2 Å². The average Bonchev–Trinajstić information content (AvgIpc) is 3.16. The number of rotatable bonds is 39. The third-order valence-electron chi connectivity index (χ3n) is 12.8. The Balaban J connectivity index is 2.39. The Bertz CT molecular complexity index is 938. The van der Waals surface area contributed by atoms with Gasteiger partial charge in [-0.3, -0.25) is 10.2 Å². The monoisotopic (exact) mass is 820 g/mol. The summed E-state index contributed by atoms with van der Waals surface area (Å²) in [6.07, 6.45) is 43.5. The first-order chi connectivity index (χ1) is 28.1. The van der Waals surface area contributed by atoms with Crippen LogP contribution in [0.15, 0.2) is 0 Å². The van der Waals surface area contributed by atoms with Gasteiger partial charge in [0, 0.05) is 36.9 Å². The highest BCUT2D eigenvalue weighted by Crippen LogP contribution is 2.39. The van der Waals surface area contributed by atoms with Crippen molar-refractivity contribution in [1.82, 2.24) is 15.5 Å². The van der Waals surface area contributed by atoms with Crippen LogP contribution in [0.2, 0.25) is 0 Å².